The number of ether oxygens (including phenoxy) is 1. The summed E-state index contributed by atoms with van der Waals surface area (Å²) >= 11 is 5.44. The van der Waals surface area contributed by atoms with E-state index in [0.29, 0.717) is 30.6 Å². The number of benzene rings is 1. The molecule has 7 heteroatoms. The van der Waals surface area contributed by atoms with Crippen LogP contribution in [0.4, 0.5) is 5.69 Å². The highest BCUT2D eigenvalue weighted by Crippen LogP contribution is 2.19. The van der Waals surface area contributed by atoms with E-state index in [9.17, 15) is 4.79 Å². The number of aromatic nitrogens is 1. The maximum atomic E-state index is 11.8. The van der Waals surface area contributed by atoms with Gasteiger partial charge in [-0.15, -0.1) is 0 Å². The largest absolute Gasteiger partial charge is 0.462 e. The molecule has 0 bridgehead atoms. The summed E-state index contributed by atoms with van der Waals surface area (Å²) in [6.45, 7) is 4.29. The van der Waals surface area contributed by atoms with Gasteiger partial charge in [0, 0.05) is 24.6 Å². The van der Waals surface area contributed by atoms with Crippen molar-refractivity contribution in [3.05, 3.63) is 59.9 Å². The van der Waals surface area contributed by atoms with Gasteiger partial charge in [0.2, 0.25) is 0 Å². The van der Waals surface area contributed by atoms with Crippen LogP contribution >= 0.6 is 12.2 Å². The van der Waals surface area contributed by atoms with Gasteiger partial charge < -0.3 is 15.0 Å². The highest BCUT2D eigenvalue weighted by atomic mass is 32.1. The predicted molar refractivity (Wildman–Crippen MR) is 100 cm³/mol. The van der Waals surface area contributed by atoms with Crippen molar-refractivity contribution in [2.24, 2.45) is 0 Å². The average molecular weight is 356 g/mol. The van der Waals surface area contributed by atoms with Gasteiger partial charge in [0.25, 0.3) is 0 Å². The lowest BCUT2D eigenvalue weighted by molar-refractivity contribution is 0.0526. The molecule has 0 saturated carbocycles. The number of hydrogen-bond donors (Lipinski definition) is 1. The molecule has 1 saturated heterocycles. The van der Waals surface area contributed by atoms with Crippen LogP contribution < -0.4 is 10.2 Å². The molecular weight excluding hydrogens is 336 g/mol. The molecule has 1 N–H and O–H groups in total. The molecule has 0 unspecified atom stereocenters. The van der Waals surface area contributed by atoms with Crippen molar-refractivity contribution in [2.75, 3.05) is 24.8 Å². The second-order valence-corrected chi connectivity index (χ2v) is 6.05. The highest BCUT2D eigenvalue weighted by molar-refractivity contribution is 7.80. The van der Waals surface area contributed by atoms with Crippen molar-refractivity contribution in [3.8, 4) is 0 Å². The Morgan fingerprint density at radius 2 is 2.12 bits per heavy atom. The first-order valence-electron chi connectivity index (χ1n) is 8.11. The normalized spacial score (nSPS) is 14.9. The van der Waals surface area contributed by atoms with Crippen LogP contribution in [0.15, 0.2) is 48.8 Å². The van der Waals surface area contributed by atoms with Crippen LogP contribution in [-0.2, 0) is 11.3 Å². The number of esters is 1. The minimum absolute atomic E-state index is 0.313. The van der Waals surface area contributed by atoms with Crippen LogP contribution in [0, 0.1) is 0 Å². The van der Waals surface area contributed by atoms with Crippen LogP contribution in [0.3, 0.4) is 0 Å². The fraction of sp³-hybridized carbons (Fsp3) is 0.278. The topological polar surface area (TPSA) is 57.7 Å². The zero-order chi connectivity index (χ0) is 17.6. The van der Waals surface area contributed by atoms with Gasteiger partial charge in [-0.25, -0.2) is 4.79 Å². The summed E-state index contributed by atoms with van der Waals surface area (Å²) in [6, 6.07) is 11.3. The molecule has 0 radical (unpaired) electrons. The number of carbonyl (C=O) groups is 1. The molecule has 1 fully saturated rings. The van der Waals surface area contributed by atoms with Crippen LogP contribution in [0.5, 0.6) is 0 Å². The zero-order valence-electron chi connectivity index (χ0n) is 14.0. The maximum absolute atomic E-state index is 11.8. The van der Waals surface area contributed by atoms with Crippen molar-refractivity contribution in [1.29, 1.82) is 0 Å². The summed E-state index contributed by atoms with van der Waals surface area (Å²) in [4.78, 5) is 20.1. The second kappa shape index (κ2) is 8.04. The smallest absolute Gasteiger partial charge is 0.338 e. The van der Waals surface area contributed by atoms with E-state index in [1.165, 1.54) is 0 Å². The molecule has 0 amide bonds. The number of thiocarbonyl (C=S) groups is 1. The Morgan fingerprint density at radius 3 is 2.80 bits per heavy atom. The number of rotatable bonds is 5. The molecule has 0 spiro atoms. The van der Waals surface area contributed by atoms with Gasteiger partial charge in [-0.1, -0.05) is 6.07 Å². The molecule has 1 aromatic heterocycles. The van der Waals surface area contributed by atoms with Crippen molar-refractivity contribution in [1.82, 2.24) is 15.2 Å². The van der Waals surface area contributed by atoms with Gasteiger partial charge in [0.1, 0.15) is 0 Å². The van der Waals surface area contributed by atoms with E-state index in [4.69, 9.17) is 17.0 Å². The van der Waals surface area contributed by atoms with Crippen molar-refractivity contribution in [2.45, 2.75) is 13.5 Å². The maximum Gasteiger partial charge on any atom is 0.338 e. The van der Waals surface area contributed by atoms with Crippen LogP contribution in [0.1, 0.15) is 22.8 Å². The van der Waals surface area contributed by atoms with E-state index in [2.05, 4.69) is 21.3 Å². The first-order chi connectivity index (χ1) is 12.2. The quantitative estimate of drug-likeness (QED) is 0.652. The Balaban J connectivity index is 1.69. The molecule has 130 valence electrons. The van der Waals surface area contributed by atoms with E-state index in [1.807, 2.05) is 29.3 Å². The third-order valence-electron chi connectivity index (χ3n) is 3.86. The first-order valence-corrected chi connectivity index (χ1v) is 8.52. The van der Waals surface area contributed by atoms with E-state index < -0.39 is 0 Å². The Hall–Kier alpha value is -2.51. The number of nitrogens with zero attached hydrogens (tertiary/aromatic N) is 3. The van der Waals surface area contributed by atoms with Gasteiger partial charge >= 0.3 is 5.97 Å². The molecule has 2 aromatic rings. The summed E-state index contributed by atoms with van der Waals surface area (Å²) in [6.07, 6.45) is 3.63. The zero-order valence-corrected chi connectivity index (χ0v) is 14.8. The van der Waals surface area contributed by atoms with Gasteiger partial charge in [-0.2, -0.15) is 0 Å². The highest BCUT2D eigenvalue weighted by Gasteiger charge is 2.22. The molecule has 1 aliphatic rings. The van der Waals surface area contributed by atoms with Crippen molar-refractivity contribution >= 4 is 29.0 Å². The Labute approximate surface area is 152 Å². The van der Waals surface area contributed by atoms with Crippen molar-refractivity contribution in [3.63, 3.8) is 0 Å². The van der Waals surface area contributed by atoms with Gasteiger partial charge in [0.05, 0.1) is 25.5 Å². The number of anilines is 1. The summed E-state index contributed by atoms with van der Waals surface area (Å²) in [5, 5.41) is 3.90. The number of nitrogens with one attached hydrogen (secondary N) is 1. The van der Waals surface area contributed by atoms with Gasteiger partial charge in [-0.3, -0.25) is 9.88 Å². The molecule has 0 aliphatic carbocycles. The lowest BCUT2D eigenvalue weighted by Crippen LogP contribution is -2.55. The number of hydrogen-bond acceptors (Lipinski definition) is 5. The molecule has 1 aromatic carbocycles. The predicted octanol–water partition coefficient (Wildman–Crippen LogP) is 2.37. The summed E-state index contributed by atoms with van der Waals surface area (Å²) in [5.41, 5.74) is 2.62. The molecule has 0 atom stereocenters. The Kier molecular flexibility index (Phi) is 5.57. The molecule has 3 rings (SSSR count). The summed E-state index contributed by atoms with van der Waals surface area (Å²) in [5.74, 6) is -0.313. The monoisotopic (exact) mass is 356 g/mol. The van der Waals surface area contributed by atoms with E-state index in [1.54, 1.807) is 25.3 Å². The van der Waals surface area contributed by atoms with Gasteiger partial charge in [0.15, 0.2) is 5.11 Å². The van der Waals surface area contributed by atoms with E-state index in [0.717, 1.165) is 17.8 Å². The fourth-order valence-electron chi connectivity index (χ4n) is 2.64. The van der Waals surface area contributed by atoms with Gasteiger partial charge in [-0.05, 0) is 55.0 Å². The second-order valence-electron chi connectivity index (χ2n) is 5.67. The van der Waals surface area contributed by atoms with E-state index in [-0.39, 0.29) is 5.97 Å². The van der Waals surface area contributed by atoms with Crippen LogP contribution in [-0.4, -0.2) is 40.9 Å². The molecule has 6 nitrogen and oxygen atoms in total. The lowest BCUT2D eigenvalue weighted by Gasteiger charge is -2.38. The third kappa shape index (κ3) is 4.32. The summed E-state index contributed by atoms with van der Waals surface area (Å²) < 4.78 is 5.01. The standard InChI is InChI=1S/C18H20N4O2S/c1-2-24-17(23)15-5-7-16(8-6-15)22-13-21(12-20-18(22)25)11-14-4-3-9-19-10-14/h3-10H,2,11-13H2,1H3,(H,20,25). The Bertz CT molecular complexity index is 737. The minimum Gasteiger partial charge on any atom is -0.462 e. The summed E-state index contributed by atoms with van der Waals surface area (Å²) in [7, 11) is 0. The number of pyridine rings is 1. The van der Waals surface area contributed by atoms with Crippen LogP contribution in [0.25, 0.3) is 0 Å². The molecule has 25 heavy (non-hydrogen) atoms. The molecular formula is C18H20N4O2S. The third-order valence-corrected chi connectivity index (χ3v) is 4.22. The SMILES string of the molecule is CCOC(=O)c1ccc(N2CN(Cc3cccnc3)CNC2=S)cc1. The molecule has 2 heterocycles. The Morgan fingerprint density at radius 1 is 1.32 bits per heavy atom. The minimum atomic E-state index is -0.313. The fourth-order valence-corrected chi connectivity index (χ4v) is 2.86. The van der Waals surface area contributed by atoms with Crippen molar-refractivity contribution < 1.29 is 9.53 Å². The number of carbonyl (C=O) groups excluding carboxylic acids is 1. The van der Waals surface area contributed by atoms with Crippen LogP contribution in [0.2, 0.25) is 0 Å². The lowest BCUT2D eigenvalue weighted by atomic mass is 10.2. The van der Waals surface area contributed by atoms with E-state index >= 15 is 0 Å². The molecule has 1 aliphatic heterocycles. The average Bonchev–Trinajstić information content (AvgIpc) is 2.64. The first kappa shape index (κ1) is 17.3.